The molecule has 226 valence electrons. The van der Waals surface area contributed by atoms with E-state index in [9.17, 15) is 4.79 Å². The summed E-state index contributed by atoms with van der Waals surface area (Å²) in [6.45, 7) is 11.8. The molecule has 1 aliphatic carbocycles. The van der Waals surface area contributed by atoms with E-state index in [0.29, 0.717) is 17.1 Å². The van der Waals surface area contributed by atoms with Gasteiger partial charge in [0.05, 0.1) is 16.9 Å². The van der Waals surface area contributed by atoms with Crippen LogP contribution in [0.1, 0.15) is 65.1 Å². The molecule has 0 radical (unpaired) electrons. The summed E-state index contributed by atoms with van der Waals surface area (Å²) < 4.78 is 18.1. The van der Waals surface area contributed by atoms with E-state index in [1.807, 2.05) is 65.1 Å². The van der Waals surface area contributed by atoms with Crippen LogP contribution in [0.15, 0.2) is 54.7 Å². The van der Waals surface area contributed by atoms with E-state index in [0.717, 1.165) is 59.5 Å². The highest BCUT2D eigenvalue weighted by Gasteiger charge is 2.53. The lowest BCUT2D eigenvalue weighted by atomic mass is 9.57. The van der Waals surface area contributed by atoms with Crippen molar-refractivity contribution >= 4 is 22.6 Å². The first-order valence-electron chi connectivity index (χ1n) is 14.9. The fourth-order valence-electron chi connectivity index (χ4n) is 6.34. The minimum atomic E-state index is -0.545. The van der Waals surface area contributed by atoms with Gasteiger partial charge in [-0.15, -0.1) is 15.3 Å². The van der Waals surface area contributed by atoms with Crippen LogP contribution in [0.5, 0.6) is 5.75 Å². The third-order valence-electron chi connectivity index (χ3n) is 8.35. The molecule has 10 nitrogen and oxygen atoms in total. The Bertz CT molecular complexity index is 1610. The average molecular weight is 585 g/mol. The van der Waals surface area contributed by atoms with E-state index >= 15 is 0 Å². The van der Waals surface area contributed by atoms with E-state index < -0.39 is 11.6 Å². The molecule has 6 rings (SSSR count). The molecule has 0 unspecified atom stereocenters. The number of hydrogen-bond acceptors (Lipinski definition) is 9. The van der Waals surface area contributed by atoms with Crippen LogP contribution in [0, 0.1) is 11.3 Å². The van der Waals surface area contributed by atoms with Gasteiger partial charge in [-0.2, -0.15) is 0 Å². The molecular formula is C33H40N6O4. The highest BCUT2D eigenvalue weighted by Crippen LogP contribution is 2.56. The first-order chi connectivity index (χ1) is 20.5. The Morgan fingerprint density at radius 2 is 1.81 bits per heavy atom. The Balaban J connectivity index is 1.08. The quantitative estimate of drug-likeness (QED) is 0.178. The first kappa shape index (κ1) is 29.0. The zero-order chi connectivity index (χ0) is 30.4. The number of fused-ring (bicyclic) bond motifs is 1. The maximum Gasteiger partial charge on any atom is 0.331 e. The van der Waals surface area contributed by atoms with Crippen LogP contribution >= 0.6 is 0 Å². The number of anilines is 1. The van der Waals surface area contributed by atoms with Crippen molar-refractivity contribution in [3.8, 4) is 17.0 Å². The Morgan fingerprint density at radius 3 is 2.53 bits per heavy atom. The summed E-state index contributed by atoms with van der Waals surface area (Å²) in [5.41, 5.74) is 4.39. The van der Waals surface area contributed by atoms with Crippen molar-refractivity contribution in [2.24, 2.45) is 11.3 Å². The first-order valence-corrected chi connectivity index (χ1v) is 14.9. The Hall–Kier alpha value is -4.05. The van der Waals surface area contributed by atoms with Gasteiger partial charge in [0.25, 0.3) is 0 Å². The molecule has 2 aromatic heterocycles. The fourth-order valence-corrected chi connectivity index (χ4v) is 6.34. The number of benzene rings is 2. The van der Waals surface area contributed by atoms with Crippen LogP contribution in [0.4, 0.5) is 5.69 Å². The number of para-hydroxylation sites is 1. The Kier molecular flexibility index (Phi) is 7.58. The molecule has 43 heavy (non-hydrogen) atoms. The van der Waals surface area contributed by atoms with Gasteiger partial charge in [-0.05, 0) is 69.9 Å². The summed E-state index contributed by atoms with van der Waals surface area (Å²) in [7, 11) is 1.60. The molecule has 1 spiro atoms. The van der Waals surface area contributed by atoms with Crippen molar-refractivity contribution in [1.82, 2.24) is 25.2 Å². The zero-order valence-corrected chi connectivity index (χ0v) is 25.8. The van der Waals surface area contributed by atoms with Crippen LogP contribution in [-0.2, 0) is 14.3 Å². The summed E-state index contributed by atoms with van der Waals surface area (Å²) in [4.78, 5) is 15.3. The van der Waals surface area contributed by atoms with Gasteiger partial charge in [0.1, 0.15) is 11.4 Å². The van der Waals surface area contributed by atoms with Gasteiger partial charge in [-0.25, -0.2) is 9.48 Å². The van der Waals surface area contributed by atoms with Gasteiger partial charge >= 0.3 is 5.97 Å². The second kappa shape index (κ2) is 11.2. The van der Waals surface area contributed by atoms with E-state index in [-0.39, 0.29) is 18.7 Å². The molecule has 2 fully saturated rings. The van der Waals surface area contributed by atoms with Crippen molar-refractivity contribution in [1.29, 1.82) is 0 Å². The van der Waals surface area contributed by atoms with Gasteiger partial charge < -0.3 is 19.1 Å². The zero-order valence-electron chi connectivity index (χ0n) is 25.8. The van der Waals surface area contributed by atoms with Crippen molar-refractivity contribution in [3.63, 3.8) is 0 Å². The number of hydrogen-bond donors (Lipinski definition) is 0. The maximum absolute atomic E-state index is 12.9. The monoisotopic (exact) mass is 584 g/mol. The van der Waals surface area contributed by atoms with Crippen LogP contribution < -0.4 is 9.64 Å². The number of ether oxygens (including phenoxy) is 3. The lowest BCUT2D eigenvalue weighted by Crippen LogP contribution is -2.62. The third-order valence-corrected chi connectivity index (χ3v) is 8.35. The van der Waals surface area contributed by atoms with Crippen molar-refractivity contribution in [3.05, 3.63) is 60.4 Å². The molecular weight excluding hydrogens is 544 g/mol. The van der Waals surface area contributed by atoms with Crippen molar-refractivity contribution in [2.45, 2.75) is 65.0 Å². The van der Waals surface area contributed by atoms with E-state index in [2.05, 4.69) is 49.7 Å². The molecule has 1 atom stereocenters. The number of methoxy groups -OCH3 is 1. The highest BCUT2D eigenvalue weighted by atomic mass is 16.7. The minimum Gasteiger partial charge on any atom is -0.467 e. The molecule has 0 amide bonds. The molecule has 4 aromatic rings. The molecule has 1 saturated carbocycles. The van der Waals surface area contributed by atoms with Gasteiger partial charge in [-0.1, -0.05) is 37.3 Å². The number of aromatic nitrogens is 5. The minimum absolute atomic E-state index is 0.0429. The van der Waals surface area contributed by atoms with Crippen LogP contribution in [0.25, 0.3) is 22.2 Å². The van der Waals surface area contributed by atoms with Crippen molar-refractivity contribution < 1.29 is 19.0 Å². The van der Waals surface area contributed by atoms with Crippen LogP contribution in [-0.4, -0.2) is 63.8 Å². The normalized spacial score (nSPS) is 17.1. The predicted octanol–water partition coefficient (Wildman–Crippen LogP) is 5.79. The van der Waals surface area contributed by atoms with E-state index in [1.165, 1.54) is 0 Å². The molecule has 1 saturated heterocycles. The Labute approximate surface area is 252 Å². The summed E-state index contributed by atoms with van der Waals surface area (Å²) in [6.07, 6.45) is 4.09. The molecule has 1 aliphatic heterocycles. The summed E-state index contributed by atoms with van der Waals surface area (Å²) in [5, 5.41) is 18.9. The van der Waals surface area contributed by atoms with Gasteiger partial charge in [0, 0.05) is 54.4 Å². The van der Waals surface area contributed by atoms with Crippen LogP contribution in [0.3, 0.4) is 0 Å². The number of rotatable bonds is 9. The molecule has 2 aromatic carbocycles. The number of nitrogens with zero attached hydrogens (tertiary/aromatic N) is 6. The molecule has 3 heterocycles. The van der Waals surface area contributed by atoms with Gasteiger partial charge in [0.2, 0.25) is 0 Å². The summed E-state index contributed by atoms with van der Waals surface area (Å²) in [6, 6.07) is 15.7. The fraction of sp³-hybridized carbons (Fsp3) is 0.485. The SMILES string of the molecule is COCOc1ccccc1-c1cc2ccc(N3CC4(CC(c5cn([C@H](C(=O)OC(C)(C)C)C(C)C)nn5)C4)C3)cc2nn1. The Morgan fingerprint density at radius 1 is 1.05 bits per heavy atom. The highest BCUT2D eigenvalue weighted by molar-refractivity contribution is 5.86. The summed E-state index contributed by atoms with van der Waals surface area (Å²) in [5.74, 6) is 0.848. The number of esters is 1. The average Bonchev–Trinajstić information content (AvgIpc) is 3.38. The van der Waals surface area contributed by atoms with E-state index in [4.69, 9.17) is 14.2 Å². The van der Waals surface area contributed by atoms with Crippen molar-refractivity contribution in [2.75, 3.05) is 31.9 Å². The second-order valence-corrected chi connectivity index (χ2v) is 13.3. The predicted molar refractivity (Wildman–Crippen MR) is 164 cm³/mol. The van der Waals surface area contributed by atoms with E-state index in [1.54, 1.807) is 11.8 Å². The topological polar surface area (TPSA) is 104 Å². The number of carbonyl (C=O) groups excluding carboxylic acids is 1. The largest absolute Gasteiger partial charge is 0.467 e. The maximum atomic E-state index is 12.9. The standard InChI is InChI=1S/C33H40N6O4/c1-21(2)30(31(40)43-32(3,4)5)39-17-28(36-37-39)23-15-33(16-23)18-38(19-33)24-12-11-22-13-27(35-34-26(22)14-24)25-9-7-8-10-29(25)42-20-41-6/h7-14,17,21,23,30H,15-16,18-20H2,1-6H3/t30-/m0/s1. The lowest BCUT2D eigenvalue weighted by molar-refractivity contribution is -0.161. The summed E-state index contributed by atoms with van der Waals surface area (Å²) >= 11 is 0. The van der Waals surface area contributed by atoms with Crippen LogP contribution in [0.2, 0.25) is 0 Å². The molecule has 0 N–H and O–H groups in total. The third kappa shape index (κ3) is 5.93. The molecule has 10 heteroatoms. The molecule has 0 bridgehead atoms. The van der Waals surface area contributed by atoms with Gasteiger partial charge in [0.15, 0.2) is 12.8 Å². The lowest BCUT2D eigenvalue weighted by Gasteiger charge is -2.59. The molecule has 2 aliphatic rings. The number of carbonyl (C=O) groups is 1. The second-order valence-electron chi connectivity index (χ2n) is 13.3. The van der Waals surface area contributed by atoms with Gasteiger partial charge in [-0.3, -0.25) is 0 Å². The smallest absolute Gasteiger partial charge is 0.331 e.